The molecule has 7 heteroatoms. The van der Waals surface area contributed by atoms with E-state index in [1.54, 1.807) is 29.2 Å². The fourth-order valence-electron chi connectivity index (χ4n) is 4.63. The zero-order valence-corrected chi connectivity index (χ0v) is 21.6. The number of nitrogens with one attached hydrogen (secondary N) is 1. The van der Waals surface area contributed by atoms with Crippen LogP contribution in [0, 0.1) is 11.6 Å². The number of hydrogen-bond donors (Lipinski definition) is 1. The third kappa shape index (κ3) is 8.15. The molecule has 0 bridgehead atoms. The van der Waals surface area contributed by atoms with Gasteiger partial charge >= 0.3 is 0 Å². The van der Waals surface area contributed by atoms with E-state index in [0.29, 0.717) is 12.2 Å². The Morgan fingerprint density at radius 1 is 0.838 bits per heavy atom. The summed E-state index contributed by atoms with van der Waals surface area (Å²) >= 11 is 1.42. The number of amides is 2. The number of carbonyl (C=O) groups excluding carboxylic acids is 2. The molecule has 1 N–H and O–H groups in total. The molecule has 0 radical (unpaired) electrons. The van der Waals surface area contributed by atoms with Gasteiger partial charge in [0, 0.05) is 24.8 Å². The van der Waals surface area contributed by atoms with E-state index in [4.69, 9.17) is 0 Å². The lowest BCUT2D eigenvalue weighted by Crippen LogP contribution is -2.52. The third-order valence-electron chi connectivity index (χ3n) is 6.65. The van der Waals surface area contributed by atoms with Crippen molar-refractivity contribution in [2.75, 3.05) is 5.75 Å². The lowest BCUT2D eigenvalue weighted by atomic mass is 10.0. The Kier molecular flexibility index (Phi) is 9.71. The molecule has 0 spiro atoms. The van der Waals surface area contributed by atoms with E-state index in [2.05, 4.69) is 5.32 Å². The van der Waals surface area contributed by atoms with Crippen molar-refractivity contribution in [3.05, 3.63) is 107 Å². The number of nitrogens with zero attached hydrogens (tertiary/aromatic N) is 1. The minimum atomic E-state index is -0.702. The van der Waals surface area contributed by atoms with E-state index in [-0.39, 0.29) is 41.8 Å². The molecule has 37 heavy (non-hydrogen) atoms. The van der Waals surface area contributed by atoms with Crippen molar-refractivity contribution in [2.45, 2.75) is 56.5 Å². The van der Waals surface area contributed by atoms with Crippen molar-refractivity contribution in [3.63, 3.8) is 0 Å². The highest BCUT2D eigenvalue weighted by Gasteiger charge is 2.32. The smallest absolute Gasteiger partial charge is 0.243 e. The molecule has 194 valence electrons. The summed E-state index contributed by atoms with van der Waals surface area (Å²) in [7, 11) is 0. The molecule has 0 aliphatic heterocycles. The molecule has 1 atom stereocenters. The number of benzene rings is 3. The molecule has 1 aliphatic rings. The molecule has 3 aromatic carbocycles. The van der Waals surface area contributed by atoms with Gasteiger partial charge in [-0.05, 0) is 53.8 Å². The number of halogens is 2. The van der Waals surface area contributed by atoms with Gasteiger partial charge in [-0.15, -0.1) is 11.8 Å². The molecule has 4 nitrogen and oxygen atoms in total. The maximum absolute atomic E-state index is 13.6. The first-order valence-corrected chi connectivity index (χ1v) is 13.8. The van der Waals surface area contributed by atoms with Crippen molar-refractivity contribution in [2.24, 2.45) is 0 Å². The molecule has 1 aliphatic carbocycles. The van der Waals surface area contributed by atoms with Gasteiger partial charge in [-0.25, -0.2) is 8.78 Å². The molecule has 0 unspecified atom stereocenters. The third-order valence-corrected chi connectivity index (χ3v) is 7.63. The molecule has 1 saturated carbocycles. The Morgan fingerprint density at radius 2 is 1.43 bits per heavy atom. The Morgan fingerprint density at radius 3 is 2.05 bits per heavy atom. The summed E-state index contributed by atoms with van der Waals surface area (Å²) in [4.78, 5) is 28.9. The van der Waals surface area contributed by atoms with Crippen LogP contribution in [-0.2, 0) is 28.3 Å². The molecule has 0 saturated heterocycles. The first-order chi connectivity index (χ1) is 18.0. The number of thioether (sulfide) groups is 1. The molecular formula is C30H32F2N2O2S. The van der Waals surface area contributed by atoms with Crippen molar-refractivity contribution in [1.29, 1.82) is 0 Å². The minimum Gasteiger partial charge on any atom is -0.352 e. The summed E-state index contributed by atoms with van der Waals surface area (Å²) in [6, 6.07) is 21.4. The van der Waals surface area contributed by atoms with Gasteiger partial charge in [0.25, 0.3) is 0 Å². The lowest BCUT2D eigenvalue weighted by Gasteiger charge is -2.32. The predicted octanol–water partition coefficient (Wildman–Crippen LogP) is 5.90. The van der Waals surface area contributed by atoms with Crippen LogP contribution in [0.15, 0.2) is 78.9 Å². The van der Waals surface area contributed by atoms with Crippen molar-refractivity contribution in [1.82, 2.24) is 10.2 Å². The summed E-state index contributed by atoms with van der Waals surface area (Å²) in [6.07, 6.45) is 4.46. The van der Waals surface area contributed by atoms with E-state index < -0.39 is 6.04 Å². The molecule has 0 heterocycles. The molecule has 1 fully saturated rings. The van der Waals surface area contributed by atoms with Crippen LogP contribution in [0.4, 0.5) is 8.78 Å². The molecule has 2 amide bonds. The van der Waals surface area contributed by atoms with Gasteiger partial charge in [0.2, 0.25) is 11.8 Å². The second kappa shape index (κ2) is 13.4. The Labute approximate surface area is 221 Å². The Balaban J connectivity index is 1.55. The highest BCUT2D eigenvalue weighted by Crippen LogP contribution is 2.21. The van der Waals surface area contributed by atoms with Crippen molar-refractivity contribution >= 4 is 23.6 Å². The average Bonchev–Trinajstić information content (AvgIpc) is 3.42. The SMILES string of the molecule is O=C(NC1CCCC1)[C@H](Cc1ccccc1)N(Cc1ccc(F)cc1)C(=O)CSCc1ccc(F)cc1. The normalized spacial score (nSPS) is 14.3. The van der Waals surface area contributed by atoms with E-state index in [1.807, 2.05) is 30.3 Å². The minimum absolute atomic E-state index is 0.126. The zero-order valence-electron chi connectivity index (χ0n) is 20.7. The standard InChI is InChI=1S/C30H32F2N2O2S/c31-25-14-10-23(11-15-25)19-34(29(35)21-37-20-24-12-16-26(32)17-13-24)28(18-22-6-2-1-3-7-22)30(36)33-27-8-4-5-9-27/h1-3,6-7,10-17,27-28H,4-5,8-9,18-21H2,(H,33,36)/t28-/m0/s1. The van der Waals surface area contributed by atoms with Crippen molar-refractivity contribution < 1.29 is 18.4 Å². The maximum atomic E-state index is 13.6. The van der Waals surface area contributed by atoms with E-state index >= 15 is 0 Å². The quantitative estimate of drug-likeness (QED) is 0.341. The van der Waals surface area contributed by atoms with E-state index in [0.717, 1.165) is 42.4 Å². The summed E-state index contributed by atoms with van der Waals surface area (Å²) in [6.45, 7) is 0.200. The summed E-state index contributed by atoms with van der Waals surface area (Å²) in [5.41, 5.74) is 2.64. The van der Waals surface area contributed by atoms with Crippen LogP contribution in [-0.4, -0.2) is 34.6 Å². The van der Waals surface area contributed by atoms with Gasteiger partial charge in [-0.3, -0.25) is 9.59 Å². The second-order valence-corrected chi connectivity index (χ2v) is 10.4. The van der Waals surface area contributed by atoms with Gasteiger partial charge < -0.3 is 10.2 Å². The monoisotopic (exact) mass is 522 g/mol. The Hall–Kier alpha value is -3.19. The van der Waals surface area contributed by atoms with Crippen LogP contribution in [0.1, 0.15) is 42.4 Å². The molecule has 3 aromatic rings. The van der Waals surface area contributed by atoms with Crippen LogP contribution in [0.5, 0.6) is 0 Å². The summed E-state index contributed by atoms with van der Waals surface area (Å²) < 4.78 is 26.8. The average molecular weight is 523 g/mol. The number of rotatable bonds is 11. The predicted molar refractivity (Wildman–Crippen MR) is 144 cm³/mol. The van der Waals surface area contributed by atoms with Crippen LogP contribution in [0.3, 0.4) is 0 Å². The highest BCUT2D eigenvalue weighted by molar-refractivity contribution is 7.99. The maximum Gasteiger partial charge on any atom is 0.243 e. The second-order valence-electron chi connectivity index (χ2n) is 9.46. The zero-order chi connectivity index (χ0) is 26.0. The van der Waals surface area contributed by atoms with Crippen LogP contribution < -0.4 is 5.32 Å². The summed E-state index contributed by atoms with van der Waals surface area (Å²) in [5.74, 6) is -0.258. The van der Waals surface area contributed by atoms with Gasteiger partial charge in [0.1, 0.15) is 17.7 Å². The fraction of sp³-hybridized carbons (Fsp3) is 0.333. The first-order valence-electron chi connectivity index (χ1n) is 12.7. The highest BCUT2D eigenvalue weighted by atomic mass is 32.2. The van der Waals surface area contributed by atoms with Gasteiger partial charge in [-0.2, -0.15) is 0 Å². The van der Waals surface area contributed by atoms with E-state index in [1.165, 1.54) is 36.0 Å². The van der Waals surface area contributed by atoms with Crippen LogP contribution in [0.2, 0.25) is 0 Å². The van der Waals surface area contributed by atoms with Crippen LogP contribution >= 0.6 is 11.8 Å². The molecule has 4 rings (SSSR count). The van der Waals surface area contributed by atoms with Crippen LogP contribution in [0.25, 0.3) is 0 Å². The van der Waals surface area contributed by atoms with E-state index in [9.17, 15) is 18.4 Å². The molecule has 0 aromatic heterocycles. The van der Waals surface area contributed by atoms with Crippen molar-refractivity contribution in [3.8, 4) is 0 Å². The largest absolute Gasteiger partial charge is 0.352 e. The first kappa shape index (κ1) is 26.9. The van der Waals surface area contributed by atoms with Gasteiger partial charge in [0.05, 0.1) is 5.75 Å². The lowest BCUT2D eigenvalue weighted by molar-refractivity contribution is -0.139. The number of hydrogen-bond acceptors (Lipinski definition) is 3. The molecular weight excluding hydrogens is 490 g/mol. The fourth-order valence-corrected chi connectivity index (χ4v) is 5.50. The van der Waals surface area contributed by atoms with Gasteiger partial charge in [0.15, 0.2) is 0 Å². The van der Waals surface area contributed by atoms with Gasteiger partial charge in [-0.1, -0.05) is 67.4 Å². The topological polar surface area (TPSA) is 49.4 Å². The summed E-state index contributed by atoms with van der Waals surface area (Å²) in [5, 5.41) is 3.18. The Bertz CT molecular complexity index is 1150. The number of carbonyl (C=O) groups is 2.